The van der Waals surface area contributed by atoms with Crippen LogP contribution in [-0.4, -0.2) is 20.9 Å². The van der Waals surface area contributed by atoms with E-state index in [1.54, 1.807) is 17.0 Å². The summed E-state index contributed by atoms with van der Waals surface area (Å²) in [7, 11) is -3.82. The van der Waals surface area contributed by atoms with Crippen molar-refractivity contribution in [1.29, 1.82) is 0 Å². The minimum absolute atomic E-state index is 0.0990. The van der Waals surface area contributed by atoms with E-state index in [-0.39, 0.29) is 16.5 Å². The fourth-order valence-corrected chi connectivity index (χ4v) is 4.69. The molecular weight excluding hydrogens is 343 g/mol. The van der Waals surface area contributed by atoms with Gasteiger partial charge in [-0.3, -0.25) is 9.52 Å². The lowest BCUT2D eigenvalue weighted by Crippen LogP contribution is -2.39. The van der Waals surface area contributed by atoms with E-state index in [4.69, 9.17) is 0 Å². The summed E-state index contributed by atoms with van der Waals surface area (Å²) < 4.78 is 41.2. The number of hydrogen-bond donors (Lipinski definition) is 1. The molecular formula is C18H17FN2O3S. The van der Waals surface area contributed by atoms with Gasteiger partial charge in [-0.15, -0.1) is 0 Å². The topological polar surface area (TPSA) is 66.5 Å². The van der Waals surface area contributed by atoms with Crippen molar-refractivity contribution in [2.24, 2.45) is 0 Å². The molecule has 25 heavy (non-hydrogen) atoms. The van der Waals surface area contributed by atoms with Crippen LogP contribution in [0.2, 0.25) is 0 Å². The Morgan fingerprint density at radius 2 is 1.80 bits per heavy atom. The van der Waals surface area contributed by atoms with Crippen molar-refractivity contribution in [1.82, 2.24) is 0 Å². The standard InChI is InChI=1S/C18H17FN2O3S/c19-14-4-1-5-15(11-14)20-25(23,24)16-9-12-3-2-8-21-17(22)7-6-13(10-16)18(12)21/h1,4-5,9-11,20H,2-3,6-8H2. The maximum absolute atomic E-state index is 13.3. The Hall–Kier alpha value is -2.41. The normalized spacial score (nSPS) is 16.5. The van der Waals surface area contributed by atoms with Gasteiger partial charge in [-0.25, -0.2) is 12.8 Å². The van der Waals surface area contributed by atoms with Gasteiger partial charge in [-0.2, -0.15) is 0 Å². The Morgan fingerprint density at radius 1 is 1.04 bits per heavy atom. The molecule has 0 aromatic heterocycles. The fourth-order valence-electron chi connectivity index (χ4n) is 3.54. The molecule has 2 heterocycles. The quantitative estimate of drug-likeness (QED) is 0.915. The van der Waals surface area contributed by atoms with Crippen LogP contribution in [-0.2, 0) is 27.7 Å². The van der Waals surface area contributed by atoms with Crippen molar-refractivity contribution in [3.8, 4) is 0 Å². The Morgan fingerprint density at radius 3 is 2.56 bits per heavy atom. The van der Waals surface area contributed by atoms with E-state index in [0.717, 1.165) is 35.7 Å². The number of anilines is 2. The van der Waals surface area contributed by atoms with E-state index in [2.05, 4.69) is 4.72 Å². The van der Waals surface area contributed by atoms with Gasteiger partial charge in [0, 0.05) is 13.0 Å². The zero-order valence-corrected chi connectivity index (χ0v) is 14.3. The van der Waals surface area contributed by atoms with Crippen LogP contribution in [0.3, 0.4) is 0 Å². The summed E-state index contributed by atoms with van der Waals surface area (Å²) in [5, 5.41) is 0. The molecule has 130 valence electrons. The summed E-state index contributed by atoms with van der Waals surface area (Å²) in [6.45, 7) is 0.687. The highest BCUT2D eigenvalue weighted by atomic mass is 32.2. The largest absolute Gasteiger partial charge is 0.312 e. The van der Waals surface area contributed by atoms with Crippen molar-refractivity contribution in [3.05, 3.63) is 53.3 Å². The number of sulfonamides is 1. The Bertz CT molecular complexity index is 955. The van der Waals surface area contributed by atoms with Gasteiger partial charge in [-0.1, -0.05) is 6.07 Å². The van der Waals surface area contributed by atoms with E-state index < -0.39 is 15.8 Å². The fraction of sp³-hybridized carbons (Fsp3) is 0.278. The Balaban J connectivity index is 1.75. The second-order valence-electron chi connectivity index (χ2n) is 6.35. The summed E-state index contributed by atoms with van der Waals surface area (Å²) in [6, 6.07) is 8.61. The molecule has 7 heteroatoms. The summed E-state index contributed by atoms with van der Waals surface area (Å²) >= 11 is 0. The molecule has 5 nitrogen and oxygen atoms in total. The number of rotatable bonds is 3. The van der Waals surface area contributed by atoms with Gasteiger partial charge in [0.15, 0.2) is 0 Å². The minimum atomic E-state index is -3.82. The first-order valence-corrected chi connectivity index (χ1v) is 9.67. The summed E-state index contributed by atoms with van der Waals surface area (Å²) in [6.07, 6.45) is 2.50. The lowest BCUT2D eigenvalue weighted by molar-refractivity contribution is -0.119. The molecule has 2 aromatic rings. The van der Waals surface area contributed by atoms with E-state index in [0.29, 0.717) is 19.4 Å². The third-order valence-corrected chi connectivity index (χ3v) is 6.00. The smallest absolute Gasteiger partial charge is 0.261 e. The van der Waals surface area contributed by atoms with Gasteiger partial charge in [-0.05, 0) is 60.7 Å². The van der Waals surface area contributed by atoms with E-state index in [1.165, 1.54) is 18.2 Å². The second kappa shape index (κ2) is 5.84. The molecule has 0 radical (unpaired) electrons. The number of hydrogen-bond acceptors (Lipinski definition) is 3. The number of halogens is 1. The van der Waals surface area contributed by atoms with E-state index in [1.807, 2.05) is 0 Å². The third-order valence-electron chi connectivity index (χ3n) is 4.64. The van der Waals surface area contributed by atoms with Crippen molar-refractivity contribution in [3.63, 3.8) is 0 Å². The van der Waals surface area contributed by atoms with Crippen LogP contribution in [0.15, 0.2) is 41.3 Å². The average Bonchev–Trinajstić information content (AvgIpc) is 2.57. The third kappa shape index (κ3) is 2.89. The molecule has 0 unspecified atom stereocenters. The highest BCUT2D eigenvalue weighted by molar-refractivity contribution is 7.92. The van der Waals surface area contributed by atoms with Crippen LogP contribution in [0.25, 0.3) is 0 Å². The van der Waals surface area contributed by atoms with E-state index in [9.17, 15) is 17.6 Å². The summed E-state index contributed by atoms with van der Waals surface area (Å²) in [4.78, 5) is 14.0. The maximum atomic E-state index is 13.3. The molecule has 2 aliphatic heterocycles. The average molecular weight is 360 g/mol. The van der Waals surface area contributed by atoms with Crippen molar-refractivity contribution in [2.45, 2.75) is 30.6 Å². The van der Waals surface area contributed by atoms with Crippen molar-refractivity contribution >= 4 is 27.3 Å². The predicted octanol–water partition coefficient (Wildman–Crippen LogP) is 2.85. The number of benzene rings is 2. The molecule has 2 aromatic carbocycles. The van der Waals surface area contributed by atoms with Crippen LogP contribution < -0.4 is 9.62 Å². The molecule has 1 N–H and O–H groups in total. The van der Waals surface area contributed by atoms with Gasteiger partial charge >= 0.3 is 0 Å². The first-order chi connectivity index (χ1) is 11.9. The molecule has 0 bridgehead atoms. The molecule has 2 aliphatic rings. The molecule has 0 atom stereocenters. The summed E-state index contributed by atoms with van der Waals surface area (Å²) in [5.74, 6) is -0.406. The predicted molar refractivity (Wildman–Crippen MR) is 92.6 cm³/mol. The van der Waals surface area contributed by atoms with Gasteiger partial charge in [0.05, 0.1) is 16.3 Å². The number of nitrogens with zero attached hydrogens (tertiary/aromatic N) is 1. The molecule has 0 saturated heterocycles. The number of aryl methyl sites for hydroxylation is 2. The van der Waals surface area contributed by atoms with Gasteiger partial charge < -0.3 is 4.90 Å². The van der Waals surface area contributed by atoms with Crippen LogP contribution in [0.5, 0.6) is 0 Å². The highest BCUT2D eigenvalue weighted by Crippen LogP contribution is 2.37. The monoisotopic (exact) mass is 360 g/mol. The molecule has 0 aliphatic carbocycles. The van der Waals surface area contributed by atoms with Gasteiger partial charge in [0.25, 0.3) is 10.0 Å². The Labute approximate surface area is 145 Å². The number of amides is 1. The number of carbonyl (C=O) groups is 1. The van der Waals surface area contributed by atoms with Crippen molar-refractivity contribution in [2.75, 3.05) is 16.2 Å². The molecule has 0 saturated carbocycles. The molecule has 4 rings (SSSR count). The number of carbonyl (C=O) groups excluding carboxylic acids is 1. The van der Waals surface area contributed by atoms with Crippen LogP contribution in [0.1, 0.15) is 24.0 Å². The first-order valence-electron chi connectivity index (χ1n) is 8.18. The Kier molecular flexibility index (Phi) is 3.76. The van der Waals surface area contributed by atoms with E-state index >= 15 is 0 Å². The van der Waals surface area contributed by atoms with Crippen LogP contribution in [0, 0.1) is 5.82 Å². The van der Waals surface area contributed by atoms with Crippen LogP contribution in [0.4, 0.5) is 15.8 Å². The van der Waals surface area contributed by atoms with Crippen LogP contribution >= 0.6 is 0 Å². The van der Waals surface area contributed by atoms with Gasteiger partial charge in [0.1, 0.15) is 5.82 Å². The number of nitrogens with one attached hydrogen (secondary N) is 1. The SMILES string of the molecule is O=C1CCc2cc(S(=O)(=O)Nc3cccc(F)c3)cc3c2N1CCC3. The molecule has 0 spiro atoms. The molecule has 1 amide bonds. The zero-order valence-electron chi connectivity index (χ0n) is 13.5. The zero-order chi connectivity index (χ0) is 17.6. The maximum Gasteiger partial charge on any atom is 0.261 e. The van der Waals surface area contributed by atoms with Gasteiger partial charge in [0.2, 0.25) is 5.91 Å². The molecule has 0 fully saturated rings. The minimum Gasteiger partial charge on any atom is -0.312 e. The highest BCUT2D eigenvalue weighted by Gasteiger charge is 2.31. The first kappa shape index (κ1) is 16.1. The summed E-state index contributed by atoms with van der Waals surface area (Å²) in [5.41, 5.74) is 2.84. The second-order valence-corrected chi connectivity index (χ2v) is 8.04. The van der Waals surface area contributed by atoms with Crippen molar-refractivity contribution < 1.29 is 17.6 Å². The lowest BCUT2D eigenvalue weighted by atomic mass is 9.92. The lowest BCUT2D eigenvalue weighted by Gasteiger charge is -2.35.